The standard InChI is InChI=1S/C12H17NO5S2/c1-5(14)12(18)9(17)13-6(7(15)16)8(19-10(12)13)20-11(2,3)4/h5,10,14,18H,1-4H3,(H,15,16)/t5-,10-,12-/m1/s1. The van der Waals surface area contributed by atoms with Gasteiger partial charge in [-0.25, -0.2) is 4.79 Å². The van der Waals surface area contributed by atoms with Crippen LogP contribution in [0.2, 0.25) is 0 Å². The maximum absolute atomic E-state index is 12.0. The normalized spacial score (nSPS) is 31.2. The van der Waals surface area contributed by atoms with E-state index in [4.69, 9.17) is 0 Å². The van der Waals surface area contributed by atoms with Crippen LogP contribution >= 0.6 is 23.5 Å². The molecule has 0 aromatic rings. The first kappa shape index (κ1) is 15.7. The second-order valence-electron chi connectivity index (χ2n) is 5.80. The molecule has 0 bridgehead atoms. The van der Waals surface area contributed by atoms with E-state index in [9.17, 15) is 24.9 Å². The van der Waals surface area contributed by atoms with Crippen LogP contribution < -0.4 is 0 Å². The van der Waals surface area contributed by atoms with Gasteiger partial charge in [0.2, 0.25) is 0 Å². The van der Waals surface area contributed by atoms with Crippen LogP contribution in [0.1, 0.15) is 27.7 Å². The lowest BCUT2D eigenvalue weighted by Gasteiger charge is -2.50. The van der Waals surface area contributed by atoms with Gasteiger partial charge < -0.3 is 15.3 Å². The van der Waals surface area contributed by atoms with E-state index in [-0.39, 0.29) is 10.4 Å². The molecule has 3 N–H and O–H groups in total. The number of fused-ring (bicyclic) bond motifs is 1. The first-order chi connectivity index (χ1) is 9.00. The van der Waals surface area contributed by atoms with Gasteiger partial charge in [-0.05, 0) is 6.92 Å². The van der Waals surface area contributed by atoms with Crippen LogP contribution in [0.25, 0.3) is 0 Å². The number of aliphatic carboxylic acids is 1. The van der Waals surface area contributed by atoms with E-state index in [1.165, 1.54) is 18.7 Å². The van der Waals surface area contributed by atoms with Gasteiger partial charge in [0.15, 0.2) is 11.3 Å². The van der Waals surface area contributed by atoms with Gasteiger partial charge in [-0.2, -0.15) is 0 Å². The lowest BCUT2D eigenvalue weighted by atomic mass is 9.86. The second kappa shape index (κ2) is 4.66. The number of thioether (sulfide) groups is 2. The number of aliphatic hydroxyl groups is 2. The number of carboxylic acid groups (broad SMARTS) is 1. The molecule has 2 heterocycles. The fourth-order valence-corrected chi connectivity index (χ4v) is 5.42. The maximum Gasteiger partial charge on any atom is 0.354 e. The third-order valence-electron chi connectivity index (χ3n) is 3.06. The average molecular weight is 319 g/mol. The van der Waals surface area contributed by atoms with Crippen LogP contribution in [0.4, 0.5) is 0 Å². The third-order valence-corrected chi connectivity index (χ3v) is 5.79. The van der Waals surface area contributed by atoms with Crippen molar-refractivity contribution in [3.63, 3.8) is 0 Å². The van der Waals surface area contributed by atoms with E-state index < -0.39 is 29.0 Å². The number of amides is 1. The fraction of sp³-hybridized carbons (Fsp3) is 0.667. The van der Waals surface area contributed by atoms with Crippen molar-refractivity contribution < 1.29 is 24.9 Å². The molecule has 0 unspecified atom stereocenters. The molecule has 1 fully saturated rings. The Hall–Kier alpha value is -0.700. The summed E-state index contributed by atoms with van der Waals surface area (Å²) in [7, 11) is 0. The highest BCUT2D eigenvalue weighted by molar-refractivity contribution is 8.23. The summed E-state index contributed by atoms with van der Waals surface area (Å²) in [6, 6.07) is 0. The number of rotatable bonds is 3. The Morgan fingerprint density at radius 1 is 1.50 bits per heavy atom. The largest absolute Gasteiger partial charge is 0.477 e. The van der Waals surface area contributed by atoms with Crippen LogP contribution in [-0.2, 0) is 9.59 Å². The van der Waals surface area contributed by atoms with Crippen molar-refractivity contribution in [3.8, 4) is 0 Å². The third kappa shape index (κ3) is 2.14. The molecule has 0 radical (unpaired) electrons. The van der Waals surface area contributed by atoms with Crippen LogP contribution in [-0.4, -0.2) is 53.9 Å². The van der Waals surface area contributed by atoms with Crippen molar-refractivity contribution in [2.45, 2.75) is 49.5 Å². The smallest absolute Gasteiger partial charge is 0.354 e. The van der Waals surface area contributed by atoms with E-state index in [2.05, 4.69) is 0 Å². The first-order valence-electron chi connectivity index (χ1n) is 6.07. The van der Waals surface area contributed by atoms with Crippen LogP contribution in [0, 0.1) is 0 Å². The summed E-state index contributed by atoms with van der Waals surface area (Å²) in [6.45, 7) is 7.12. The molecule has 6 nitrogen and oxygen atoms in total. The number of nitrogens with zero attached hydrogens (tertiary/aromatic N) is 1. The quantitative estimate of drug-likeness (QED) is 0.662. The van der Waals surface area contributed by atoms with E-state index in [0.717, 1.165) is 16.7 Å². The molecule has 0 saturated carbocycles. The number of carbonyl (C=O) groups is 2. The summed E-state index contributed by atoms with van der Waals surface area (Å²) >= 11 is 2.46. The fourth-order valence-electron chi connectivity index (χ4n) is 2.08. The summed E-state index contributed by atoms with van der Waals surface area (Å²) in [5.74, 6) is -1.96. The Kier molecular flexibility index (Phi) is 3.65. The number of carboxylic acids is 1. The molecule has 2 rings (SSSR count). The minimum absolute atomic E-state index is 0.102. The molecule has 2 aliphatic heterocycles. The van der Waals surface area contributed by atoms with Crippen molar-refractivity contribution in [2.75, 3.05) is 0 Å². The molecule has 1 amide bonds. The monoisotopic (exact) mass is 319 g/mol. The summed E-state index contributed by atoms with van der Waals surface area (Å²) in [6.07, 6.45) is -1.25. The van der Waals surface area contributed by atoms with Crippen molar-refractivity contribution in [2.24, 2.45) is 0 Å². The summed E-state index contributed by atoms with van der Waals surface area (Å²) in [4.78, 5) is 24.5. The highest BCUT2D eigenvalue weighted by atomic mass is 32.2. The summed E-state index contributed by atoms with van der Waals surface area (Å²) in [5, 5.41) is 28.4. The van der Waals surface area contributed by atoms with Gasteiger partial charge in [-0.3, -0.25) is 9.69 Å². The summed E-state index contributed by atoms with van der Waals surface area (Å²) < 4.78 is 0.264. The Labute approximate surface area is 125 Å². The molecule has 8 heteroatoms. The molecular formula is C12H17NO5S2. The summed E-state index contributed by atoms with van der Waals surface area (Å²) in [5.41, 5.74) is -2.01. The van der Waals surface area contributed by atoms with Gasteiger partial charge in [0.05, 0.1) is 10.3 Å². The highest BCUT2D eigenvalue weighted by Gasteiger charge is 2.68. The Balaban J connectivity index is 2.37. The van der Waals surface area contributed by atoms with E-state index >= 15 is 0 Å². The predicted molar refractivity (Wildman–Crippen MR) is 76.9 cm³/mol. The number of hydrogen-bond acceptors (Lipinski definition) is 6. The maximum atomic E-state index is 12.0. The topological polar surface area (TPSA) is 98.1 Å². The molecule has 0 aliphatic carbocycles. The van der Waals surface area contributed by atoms with Crippen molar-refractivity contribution in [1.82, 2.24) is 4.90 Å². The van der Waals surface area contributed by atoms with Crippen molar-refractivity contribution >= 4 is 35.4 Å². The van der Waals surface area contributed by atoms with Gasteiger partial charge in [-0.1, -0.05) is 32.5 Å². The van der Waals surface area contributed by atoms with Gasteiger partial charge in [0, 0.05) is 4.75 Å². The Morgan fingerprint density at radius 2 is 2.05 bits per heavy atom. The van der Waals surface area contributed by atoms with Crippen molar-refractivity contribution in [1.29, 1.82) is 0 Å². The van der Waals surface area contributed by atoms with Gasteiger partial charge >= 0.3 is 5.97 Å². The number of β-lactam (4-membered cyclic amide) rings is 1. The van der Waals surface area contributed by atoms with Gasteiger partial charge in [-0.15, -0.1) is 11.8 Å². The lowest BCUT2D eigenvalue weighted by Crippen LogP contribution is -2.75. The molecule has 0 spiro atoms. The zero-order valence-corrected chi connectivity index (χ0v) is 13.2. The second-order valence-corrected chi connectivity index (χ2v) is 8.99. The van der Waals surface area contributed by atoms with Crippen molar-refractivity contribution in [3.05, 3.63) is 9.93 Å². The number of aliphatic hydroxyl groups excluding tert-OH is 1. The average Bonchev–Trinajstić information content (AvgIpc) is 2.61. The molecule has 3 atom stereocenters. The Bertz CT molecular complexity index is 510. The van der Waals surface area contributed by atoms with Gasteiger partial charge in [0.1, 0.15) is 5.37 Å². The van der Waals surface area contributed by atoms with Gasteiger partial charge in [0.25, 0.3) is 5.91 Å². The molecule has 0 aromatic carbocycles. The van der Waals surface area contributed by atoms with Crippen LogP contribution in [0.15, 0.2) is 9.93 Å². The first-order valence-corrected chi connectivity index (χ1v) is 7.77. The SMILES string of the molecule is C[C@@H](O)[C@@]1(O)C(=O)N2C(C(=O)O)=C(SC(C)(C)C)S[C@@H]21. The predicted octanol–water partition coefficient (Wildman–Crippen LogP) is 0.799. The molecule has 0 aromatic heterocycles. The van der Waals surface area contributed by atoms with Crippen LogP contribution in [0.5, 0.6) is 0 Å². The minimum Gasteiger partial charge on any atom is -0.477 e. The van der Waals surface area contributed by atoms with Crippen LogP contribution in [0.3, 0.4) is 0 Å². The zero-order valence-electron chi connectivity index (χ0n) is 11.6. The lowest BCUT2D eigenvalue weighted by molar-refractivity contribution is -0.193. The molecule has 20 heavy (non-hydrogen) atoms. The van der Waals surface area contributed by atoms with E-state index in [0.29, 0.717) is 4.24 Å². The molecule has 112 valence electrons. The minimum atomic E-state index is -1.91. The molecule has 2 aliphatic rings. The Morgan fingerprint density at radius 3 is 2.45 bits per heavy atom. The molecule has 1 saturated heterocycles. The van der Waals surface area contributed by atoms with E-state index in [1.54, 1.807) is 0 Å². The zero-order chi connectivity index (χ0) is 15.5. The number of hydrogen-bond donors (Lipinski definition) is 3. The van der Waals surface area contributed by atoms with E-state index in [1.807, 2.05) is 20.8 Å². The number of carbonyl (C=O) groups excluding carboxylic acids is 1. The highest BCUT2D eigenvalue weighted by Crippen LogP contribution is 2.57. The molecular weight excluding hydrogens is 302 g/mol.